The van der Waals surface area contributed by atoms with Gasteiger partial charge in [0.25, 0.3) is 5.91 Å². The Bertz CT molecular complexity index is 787. The van der Waals surface area contributed by atoms with Gasteiger partial charge >= 0.3 is 5.97 Å². The Hall–Kier alpha value is -1.89. The zero-order valence-electron chi connectivity index (χ0n) is 14.3. The van der Waals surface area contributed by atoms with E-state index in [9.17, 15) is 18.0 Å². The van der Waals surface area contributed by atoms with E-state index in [0.29, 0.717) is 12.0 Å². The fraction of sp³-hybridized carbons (Fsp3) is 0.556. The Morgan fingerprint density at radius 1 is 1.20 bits per heavy atom. The van der Waals surface area contributed by atoms with Crippen molar-refractivity contribution in [1.29, 1.82) is 0 Å². The number of sulfone groups is 1. The van der Waals surface area contributed by atoms with Crippen molar-refractivity contribution in [2.75, 3.05) is 11.5 Å². The molecule has 1 saturated heterocycles. The Morgan fingerprint density at radius 3 is 2.60 bits per heavy atom. The quantitative estimate of drug-likeness (QED) is 0.815. The highest BCUT2D eigenvalue weighted by Crippen LogP contribution is 2.22. The molecule has 1 aromatic carbocycles. The van der Waals surface area contributed by atoms with E-state index in [2.05, 4.69) is 5.32 Å². The average molecular weight is 365 g/mol. The first-order chi connectivity index (χ1) is 11.8. The second-order valence-electron chi connectivity index (χ2n) is 6.85. The molecule has 2 aliphatic rings. The molecule has 3 rings (SSSR count). The van der Waals surface area contributed by atoms with Crippen molar-refractivity contribution in [3.05, 3.63) is 34.9 Å². The number of amides is 1. The molecule has 1 aromatic rings. The zero-order chi connectivity index (χ0) is 18.0. The van der Waals surface area contributed by atoms with Gasteiger partial charge in [0.15, 0.2) is 15.9 Å². The lowest BCUT2D eigenvalue weighted by atomic mass is 9.90. The van der Waals surface area contributed by atoms with Gasteiger partial charge in [0.2, 0.25) is 0 Å². The van der Waals surface area contributed by atoms with Crippen molar-refractivity contribution in [3.63, 3.8) is 0 Å². The molecule has 1 fully saturated rings. The molecule has 1 aliphatic heterocycles. The summed E-state index contributed by atoms with van der Waals surface area (Å²) in [5.74, 6) is -0.964. The van der Waals surface area contributed by atoms with Gasteiger partial charge in [0.1, 0.15) is 0 Å². The van der Waals surface area contributed by atoms with Crippen LogP contribution >= 0.6 is 0 Å². The minimum absolute atomic E-state index is 0.0514. The van der Waals surface area contributed by atoms with Crippen molar-refractivity contribution in [2.24, 2.45) is 0 Å². The summed E-state index contributed by atoms with van der Waals surface area (Å²) < 4.78 is 28.1. The summed E-state index contributed by atoms with van der Waals surface area (Å²) in [5.41, 5.74) is 2.90. The van der Waals surface area contributed by atoms with E-state index in [4.69, 9.17) is 4.74 Å². The number of hydrogen-bond donors (Lipinski definition) is 1. The summed E-state index contributed by atoms with van der Waals surface area (Å²) >= 11 is 0. The van der Waals surface area contributed by atoms with Gasteiger partial charge in [-0.15, -0.1) is 0 Å². The van der Waals surface area contributed by atoms with E-state index in [-0.39, 0.29) is 11.5 Å². The fourth-order valence-corrected chi connectivity index (χ4v) is 5.04. The summed E-state index contributed by atoms with van der Waals surface area (Å²) in [4.78, 5) is 24.4. The standard InChI is InChI=1S/C18H23NO5S/c1-12(17(20)19-16-8-9-25(22,23)11-16)24-18(21)15-7-6-13-4-2-3-5-14(13)10-15/h6-7,10,12,16H,2-5,8-9,11H2,1H3,(H,19,20)/t12-,16-/m1/s1. The van der Waals surface area contributed by atoms with E-state index in [1.54, 1.807) is 6.07 Å². The maximum atomic E-state index is 12.3. The predicted octanol–water partition coefficient (Wildman–Crippen LogP) is 1.41. The molecule has 6 nitrogen and oxygen atoms in total. The minimum Gasteiger partial charge on any atom is -0.449 e. The van der Waals surface area contributed by atoms with Gasteiger partial charge in [0.05, 0.1) is 17.1 Å². The van der Waals surface area contributed by atoms with Crippen LogP contribution in [-0.2, 0) is 32.2 Å². The van der Waals surface area contributed by atoms with Crippen LogP contribution in [0.4, 0.5) is 0 Å². The molecule has 1 aliphatic carbocycles. The maximum Gasteiger partial charge on any atom is 0.338 e. The van der Waals surface area contributed by atoms with Crippen LogP contribution in [0.3, 0.4) is 0 Å². The van der Waals surface area contributed by atoms with Crippen molar-refractivity contribution < 1.29 is 22.7 Å². The highest BCUT2D eigenvalue weighted by Gasteiger charge is 2.30. The molecular formula is C18H23NO5S. The highest BCUT2D eigenvalue weighted by molar-refractivity contribution is 7.91. The number of rotatable bonds is 4. The number of fused-ring (bicyclic) bond motifs is 1. The number of esters is 1. The summed E-state index contributed by atoms with van der Waals surface area (Å²) in [6.45, 7) is 1.50. The first-order valence-electron chi connectivity index (χ1n) is 8.68. The van der Waals surface area contributed by atoms with Crippen LogP contribution in [0.5, 0.6) is 0 Å². The van der Waals surface area contributed by atoms with Gasteiger partial charge in [-0.25, -0.2) is 13.2 Å². The Kier molecular flexibility index (Phi) is 5.13. The van der Waals surface area contributed by atoms with E-state index < -0.39 is 33.9 Å². The lowest BCUT2D eigenvalue weighted by Gasteiger charge is -2.18. The molecule has 0 saturated carbocycles. The Labute approximate surface area is 147 Å². The Balaban J connectivity index is 1.57. The van der Waals surface area contributed by atoms with E-state index in [0.717, 1.165) is 19.3 Å². The number of hydrogen-bond acceptors (Lipinski definition) is 5. The first kappa shape index (κ1) is 17.9. The molecule has 0 radical (unpaired) electrons. The zero-order valence-corrected chi connectivity index (χ0v) is 15.1. The van der Waals surface area contributed by atoms with Gasteiger partial charge < -0.3 is 10.1 Å². The monoisotopic (exact) mass is 365 g/mol. The molecular weight excluding hydrogens is 342 g/mol. The summed E-state index contributed by atoms with van der Waals surface area (Å²) in [7, 11) is -3.06. The van der Waals surface area contributed by atoms with E-state index in [1.807, 2.05) is 12.1 Å². The minimum atomic E-state index is -3.06. The van der Waals surface area contributed by atoms with Gasteiger partial charge in [-0.05, 0) is 62.3 Å². The highest BCUT2D eigenvalue weighted by atomic mass is 32.2. The van der Waals surface area contributed by atoms with E-state index >= 15 is 0 Å². The van der Waals surface area contributed by atoms with E-state index in [1.165, 1.54) is 24.5 Å². The predicted molar refractivity (Wildman–Crippen MR) is 93.2 cm³/mol. The molecule has 0 spiro atoms. The molecule has 1 N–H and O–H groups in total. The lowest BCUT2D eigenvalue weighted by molar-refractivity contribution is -0.129. The third-order valence-corrected chi connectivity index (χ3v) is 6.58. The van der Waals surface area contributed by atoms with Crippen LogP contribution < -0.4 is 5.32 Å². The molecule has 136 valence electrons. The largest absolute Gasteiger partial charge is 0.449 e. The SMILES string of the molecule is C[C@@H](OC(=O)c1ccc2c(c1)CCCC2)C(=O)N[C@@H]1CCS(=O)(=O)C1. The number of aryl methyl sites for hydroxylation is 2. The summed E-state index contributed by atoms with van der Waals surface area (Å²) in [5, 5.41) is 2.65. The van der Waals surface area contributed by atoms with Gasteiger partial charge in [-0.1, -0.05) is 6.07 Å². The van der Waals surface area contributed by atoms with Crippen molar-refractivity contribution >= 4 is 21.7 Å². The molecule has 0 bridgehead atoms. The van der Waals surface area contributed by atoms with Gasteiger partial charge in [-0.3, -0.25) is 4.79 Å². The van der Waals surface area contributed by atoms with Gasteiger partial charge in [-0.2, -0.15) is 0 Å². The molecule has 0 unspecified atom stereocenters. The van der Waals surface area contributed by atoms with Crippen molar-refractivity contribution in [1.82, 2.24) is 5.32 Å². The normalized spacial score (nSPS) is 22.7. The number of carbonyl (C=O) groups excluding carboxylic acids is 2. The lowest BCUT2D eigenvalue weighted by Crippen LogP contribution is -2.42. The summed E-state index contributed by atoms with van der Waals surface area (Å²) in [6.07, 6.45) is 3.72. The second-order valence-corrected chi connectivity index (χ2v) is 9.08. The number of benzene rings is 1. The molecule has 0 aromatic heterocycles. The molecule has 7 heteroatoms. The van der Waals surface area contributed by atoms with Crippen LogP contribution in [-0.4, -0.2) is 43.9 Å². The third-order valence-electron chi connectivity index (χ3n) is 4.82. The number of ether oxygens (including phenoxy) is 1. The van der Waals surface area contributed by atoms with Crippen molar-refractivity contribution in [3.8, 4) is 0 Å². The van der Waals surface area contributed by atoms with Crippen LogP contribution in [0.2, 0.25) is 0 Å². The number of carbonyl (C=O) groups is 2. The second kappa shape index (κ2) is 7.15. The first-order valence-corrected chi connectivity index (χ1v) is 10.5. The molecule has 2 atom stereocenters. The molecule has 1 heterocycles. The van der Waals surface area contributed by atoms with Crippen molar-refractivity contribution in [2.45, 2.75) is 51.2 Å². The average Bonchev–Trinajstić information content (AvgIpc) is 2.92. The fourth-order valence-electron chi connectivity index (χ4n) is 3.37. The number of nitrogens with one attached hydrogen (secondary N) is 1. The van der Waals surface area contributed by atoms with Crippen LogP contribution in [0.15, 0.2) is 18.2 Å². The smallest absolute Gasteiger partial charge is 0.338 e. The molecule has 25 heavy (non-hydrogen) atoms. The van der Waals surface area contributed by atoms with Crippen LogP contribution in [0.1, 0.15) is 47.7 Å². The Morgan fingerprint density at radius 2 is 1.92 bits per heavy atom. The van der Waals surface area contributed by atoms with Crippen LogP contribution in [0, 0.1) is 0 Å². The van der Waals surface area contributed by atoms with Gasteiger partial charge in [0, 0.05) is 6.04 Å². The molecule has 1 amide bonds. The maximum absolute atomic E-state index is 12.3. The topological polar surface area (TPSA) is 89.5 Å². The van der Waals surface area contributed by atoms with Crippen LogP contribution in [0.25, 0.3) is 0 Å². The third kappa shape index (κ3) is 4.39. The summed E-state index contributed by atoms with van der Waals surface area (Å²) in [6, 6.07) is 5.15.